The Hall–Kier alpha value is -1.05. The first-order chi connectivity index (χ1) is 12.5. The molecule has 0 bridgehead atoms. The van der Waals surface area contributed by atoms with Gasteiger partial charge in [0.25, 0.3) is 0 Å². The van der Waals surface area contributed by atoms with Crippen LogP contribution in [0, 0.1) is 0 Å². The zero-order valence-corrected chi connectivity index (χ0v) is 16.1. The van der Waals surface area contributed by atoms with E-state index in [1.54, 1.807) is 23.1 Å². The number of rotatable bonds is 4. The Labute approximate surface area is 163 Å². The molecule has 26 heavy (non-hydrogen) atoms. The van der Waals surface area contributed by atoms with Gasteiger partial charge >= 0.3 is 6.03 Å². The molecule has 0 N–H and O–H groups in total. The molecule has 3 aliphatic rings. The second kappa shape index (κ2) is 7.52. The molecular formula is C18H23Cl2N3O3. The fourth-order valence-electron chi connectivity index (χ4n) is 3.89. The van der Waals surface area contributed by atoms with Crippen molar-refractivity contribution in [2.45, 2.75) is 18.6 Å². The van der Waals surface area contributed by atoms with Crippen LogP contribution in [0.5, 0.6) is 0 Å². The topological polar surface area (TPSA) is 45.3 Å². The predicted molar refractivity (Wildman–Crippen MR) is 101 cm³/mol. The summed E-state index contributed by atoms with van der Waals surface area (Å²) in [6.07, 6.45) is 1.79. The lowest BCUT2D eigenvalue weighted by Gasteiger charge is -2.38. The lowest BCUT2D eigenvalue weighted by atomic mass is 10.0. The highest BCUT2D eigenvalue weighted by molar-refractivity contribution is 6.35. The van der Waals surface area contributed by atoms with E-state index >= 15 is 0 Å². The molecule has 0 radical (unpaired) electrons. The number of anilines is 1. The van der Waals surface area contributed by atoms with Crippen LogP contribution < -0.4 is 4.90 Å². The van der Waals surface area contributed by atoms with Gasteiger partial charge in [0.1, 0.15) is 0 Å². The molecule has 3 fully saturated rings. The van der Waals surface area contributed by atoms with Gasteiger partial charge in [0.2, 0.25) is 0 Å². The molecule has 0 unspecified atom stereocenters. The minimum absolute atomic E-state index is 0.0132. The summed E-state index contributed by atoms with van der Waals surface area (Å²) in [5.74, 6) is -0.345. The second-order valence-corrected chi connectivity index (χ2v) is 7.87. The number of hydrogen-bond acceptors (Lipinski definition) is 4. The number of ether oxygens (including phenoxy) is 2. The van der Waals surface area contributed by atoms with E-state index < -0.39 is 0 Å². The van der Waals surface area contributed by atoms with Crippen LogP contribution in [-0.4, -0.2) is 74.1 Å². The molecule has 3 saturated heterocycles. The molecule has 1 aromatic rings. The van der Waals surface area contributed by atoms with Crippen molar-refractivity contribution >= 4 is 34.9 Å². The van der Waals surface area contributed by atoms with E-state index in [4.69, 9.17) is 32.7 Å². The minimum atomic E-state index is -0.345. The highest BCUT2D eigenvalue weighted by atomic mass is 35.5. The largest absolute Gasteiger partial charge is 0.347 e. The van der Waals surface area contributed by atoms with E-state index in [-0.39, 0.29) is 11.8 Å². The van der Waals surface area contributed by atoms with Gasteiger partial charge in [0.05, 0.1) is 13.2 Å². The second-order valence-electron chi connectivity index (χ2n) is 7.00. The Morgan fingerprint density at radius 2 is 1.58 bits per heavy atom. The third kappa shape index (κ3) is 3.80. The summed E-state index contributed by atoms with van der Waals surface area (Å²) in [5, 5.41) is 1.08. The molecule has 0 aliphatic carbocycles. The summed E-state index contributed by atoms with van der Waals surface area (Å²) in [5.41, 5.74) is 0.755. The average Bonchev–Trinajstić information content (AvgIpc) is 3.21. The van der Waals surface area contributed by atoms with Gasteiger partial charge in [-0.1, -0.05) is 23.2 Å². The number of hydrogen-bond donors (Lipinski definition) is 0. The standard InChI is InChI=1S/C18H23Cl2N3O3/c19-14-11-15(20)13-16(12-14)23-8-7-22(17(23)24)6-5-21-3-1-18(2-4-21)25-9-10-26-18/h11-13H,1-10H2. The third-order valence-corrected chi connectivity index (χ3v) is 5.81. The lowest BCUT2D eigenvalue weighted by Crippen LogP contribution is -2.47. The number of carbonyl (C=O) groups excluding carboxylic acids is 1. The minimum Gasteiger partial charge on any atom is -0.347 e. The van der Waals surface area contributed by atoms with E-state index in [9.17, 15) is 4.79 Å². The highest BCUT2D eigenvalue weighted by Crippen LogP contribution is 2.31. The van der Waals surface area contributed by atoms with Gasteiger partial charge in [-0.25, -0.2) is 4.79 Å². The van der Waals surface area contributed by atoms with Crippen LogP contribution in [0.3, 0.4) is 0 Å². The average molecular weight is 400 g/mol. The molecule has 3 heterocycles. The zero-order chi connectivity index (χ0) is 18.1. The number of urea groups is 1. The van der Waals surface area contributed by atoms with Crippen molar-refractivity contribution in [2.75, 3.05) is 57.4 Å². The summed E-state index contributed by atoms with van der Waals surface area (Å²) < 4.78 is 11.5. The van der Waals surface area contributed by atoms with Crippen molar-refractivity contribution in [3.63, 3.8) is 0 Å². The Morgan fingerprint density at radius 3 is 2.23 bits per heavy atom. The monoisotopic (exact) mass is 399 g/mol. The van der Waals surface area contributed by atoms with Crippen LogP contribution in [0.4, 0.5) is 10.5 Å². The number of likely N-dealkylation sites (tertiary alicyclic amines) is 1. The maximum absolute atomic E-state index is 12.7. The van der Waals surface area contributed by atoms with Crippen molar-refractivity contribution in [1.82, 2.24) is 9.80 Å². The number of benzene rings is 1. The Kier molecular flexibility index (Phi) is 5.30. The quantitative estimate of drug-likeness (QED) is 0.780. The van der Waals surface area contributed by atoms with Crippen molar-refractivity contribution in [3.8, 4) is 0 Å². The number of nitrogens with zero attached hydrogens (tertiary/aromatic N) is 3. The summed E-state index contributed by atoms with van der Waals surface area (Å²) in [4.78, 5) is 18.7. The first-order valence-corrected chi connectivity index (χ1v) is 9.83. The first kappa shape index (κ1) is 18.3. The number of piperidine rings is 1. The van der Waals surface area contributed by atoms with E-state index in [2.05, 4.69) is 4.90 Å². The van der Waals surface area contributed by atoms with Crippen molar-refractivity contribution in [1.29, 1.82) is 0 Å². The highest BCUT2D eigenvalue weighted by Gasteiger charge is 2.40. The van der Waals surface area contributed by atoms with Gasteiger partial charge in [0, 0.05) is 67.8 Å². The summed E-state index contributed by atoms with van der Waals surface area (Å²) in [6.45, 7) is 6.24. The van der Waals surface area contributed by atoms with Gasteiger partial charge < -0.3 is 19.3 Å². The van der Waals surface area contributed by atoms with Crippen LogP contribution in [0.15, 0.2) is 18.2 Å². The zero-order valence-electron chi connectivity index (χ0n) is 14.6. The lowest BCUT2D eigenvalue weighted by molar-refractivity contribution is -0.185. The summed E-state index contributed by atoms with van der Waals surface area (Å²) >= 11 is 12.1. The number of amides is 2. The smallest absolute Gasteiger partial charge is 0.324 e. The van der Waals surface area contributed by atoms with E-state index in [1.165, 1.54) is 0 Å². The predicted octanol–water partition coefficient (Wildman–Crippen LogP) is 3.07. The normalized spacial score (nSPS) is 23.4. The maximum Gasteiger partial charge on any atom is 0.324 e. The first-order valence-electron chi connectivity index (χ1n) is 9.08. The van der Waals surface area contributed by atoms with Crippen LogP contribution in [0.25, 0.3) is 0 Å². The fraction of sp³-hybridized carbons (Fsp3) is 0.611. The molecule has 0 saturated carbocycles. The SMILES string of the molecule is O=C1N(CCN2CCC3(CC2)OCCO3)CCN1c1cc(Cl)cc(Cl)c1. The Bertz CT molecular complexity index is 651. The van der Waals surface area contributed by atoms with Crippen molar-refractivity contribution < 1.29 is 14.3 Å². The summed E-state index contributed by atoms with van der Waals surface area (Å²) in [6, 6.07) is 5.24. The van der Waals surface area contributed by atoms with Gasteiger partial charge in [-0.05, 0) is 18.2 Å². The van der Waals surface area contributed by atoms with Crippen LogP contribution >= 0.6 is 23.2 Å². The third-order valence-electron chi connectivity index (χ3n) is 5.37. The fourth-order valence-corrected chi connectivity index (χ4v) is 4.40. The van der Waals surface area contributed by atoms with E-state index in [0.717, 1.165) is 44.7 Å². The van der Waals surface area contributed by atoms with Gasteiger partial charge in [-0.3, -0.25) is 4.90 Å². The number of halogens is 2. The molecule has 1 aromatic carbocycles. The Morgan fingerprint density at radius 1 is 0.923 bits per heavy atom. The van der Waals surface area contributed by atoms with E-state index in [1.807, 2.05) is 4.90 Å². The molecule has 0 atom stereocenters. The van der Waals surface area contributed by atoms with Crippen LogP contribution in [-0.2, 0) is 9.47 Å². The van der Waals surface area contributed by atoms with Crippen molar-refractivity contribution in [3.05, 3.63) is 28.2 Å². The van der Waals surface area contributed by atoms with Crippen LogP contribution in [0.1, 0.15) is 12.8 Å². The van der Waals surface area contributed by atoms with Gasteiger partial charge in [-0.15, -0.1) is 0 Å². The molecule has 1 spiro atoms. The molecule has 0 aromatic heterocycles. The molecule has 3 aliphatic heterocycles. The molecule has 6 nitrogen and oxygen atoms in total. The molecule has 8 heteroatoms. The maximum atomic E-state index is 12.7. The van der Waals surface area contributed by atoms with Gasteiger partial charge in [0.15, 0.2) is 5.79 Å². The molecule has 142 valence electrons. The van der Waals surface area contributed by atoms with Gasteiger partial charge in [-0.2, -0.15) is 0 Å². The molecular weight excluding hydrogens is 377 g/mol. The van der Waals surface area contributed by atoms with E-state index in [0.29, 0.717) is 36.3 Å². The number of carbonyl (C=O) groups is 1. The molecule has 2 amide bonds. The summed E-state index contributed by atoms with van der Waals surface area (Å²) in [7, 11) is 0. The van der Waals surface area contributed by atoms with Crippen LogP contribution in [0.2, 0.25) is 10.0 Å². The van der Waals surface area contributed by atoms with Crippen molar-refractivity contribution in [2.24, 2.45) is 0 Å². The Balaban J connectivity index is 1.29. The molecule has 4 rings (SSSR count).